The van der Waals surface area contributed by atoms with Gasteiger partial charge < -0.3 is 0 Å². The van der Waals surface area contributed by atoms with Crippen LogP contribution in [0.2, 0.25) is 0 Å². The summed E-state index contributed by atoms with van der Waals surface area (Å²) in [4.78, 5) is 1.25. The molecule has 0 saturated heterocycles. The highest BCUT2D eigenvalue weighted by atomic mass is 32.1. The number of rotatable bonds is 9. The van der Waals surface area contributed by atoms with Crippen molar-refractivity contribution >= 4 is 12.6 Å². The molecule has 0 rings (SSSR count). The van der Waals surface area contributed by atoms with E-state index in [2.05, 4.69) is 44.7 Å². The minimum absolute atomic E-state index is 1.03. The molecular weight excluding hydrogens is 200 g/mol. The summed E-state index contributed by atoms with van der Waals surface area (Å²) < 4.78 is 0. The number of hydrogen-bond donors (Lipinski definition) is 1. The zero-order valence-electron chi connectivity index (χ0n) is 10.3. The van der Waals surface area contributed by atoms with Gasteiger partial charge in [0.25, 0.3) is 0 Å². The lowest BCUT2D eigenvalue weighted by molar-refractivity contribution is 0.610. The molecule has 0 heterocycles. The quantitative estimate of drug-likeness (QED) is 0.299. The SMILES string of the molecule is C/C=C/C/C=C(\S)CCCCCCCC. The number of thiol groups is 1. The van der Waals surface area contributed by atoms with E-state index < -0.39 is 0 Å². The van der Waals surface area contributed by atoms with E-state index in [9.17, 15) is 0 Å². The van der Waals surface area contributed by atoms with Gasteiger partial charge in [0.15, 0.2) is 0 Å². The Kier molecular flexibility index (Phi) is 11.8. The Morgan fingerprint density at radius 3 is 2.40 bits per heavy atom. The molecule has 0 aliphatic rings. The zero-order valence-corrected chi connectivity index (χ0v) is 11.2. The van der Waals surface area contributed by atoms with Gasteiger partial charge in [0, 0.05) is 0 Å². The van der Waals surface area contributed by atoms with Crippen LogP contribution >= 0.6 is 12.6 Å². The van der Waals surface area contributed by atoms with Crippen LogP contribution in [0.25, 0.3) is 0 Å². The van der Waals surface area contributed by atoms with Crippen molar-refractivity contribution in [3.63, 3.8) is 0 Å². The largest absolute Gasteiger partial charge is 0.148 e. The van der Waals surface area contributed by atoms with Crippen molar-refractivity contribution in [3.05, 3.63) is 23.1 Å². The summed E-state index contributed by atoms with van der Waals surface area (Å²) in [5.74, 6) is 0. The Labute approximate surface area is 101 Å². The van der Waals surface area contributed by atoms with Crippen LogP contribution < -0.4 is 0 Å². The van der Waals surface area contributed by atoms with Crippen LogP contribution in [-0.2, 0) is 0 Å². The van der Waals surface area contributed by atoms with Gasteiger partial charge in [0.05, 0.1) is 0 Å². The molecule has 0 saturated carbocycles. The van der Waals surface area contributed by atoms with E-state index in [1.54, 1.807) is 0 Å². The van der Waals surface area contributed by atoms with Crippen molar-refractivity contribution in [2.24, 2.45) is 0 Å². The normalized spacial score (nSPS) is 12.6. The van der Waals surface area contributed by atoms with Gasteiger partial charge in [-0.25, -0.2) is 0 Å². The predicted octanol–water partition coefficient (Wildman–Crippen LogP) is 5.52. The van der Waals surface area contributed by atoms with E-state index in [-0.39, 0.29) is 0 Å². The van der Waals surface area contributed by atoms with Gasteiger partial charge in [-0.3, -0.25) is 0 Å². The average molecular weight is 226 g/mol. The lowest BCUT2D eigenvalue weighted by Crippen LogP contribution is -1.80. The van der Waals surface area contributed by atoms with E-state index in [0.29, 0.717) is 0 Å². The zero-order chi connectivity index (χ0) is 11.4. The van der Waals surface area contributed by atoms with Crippen molar-refractivity contribution in [2.75, 3.05) is 0 Å². The molecule has 88 valence electrons. The summed E-state index contributed by atoms with van der Waals surface area (Å²) in [6, 6.07) is 0. The molecule has 0 aliphatic carbocycles. The monoisotopic (exact) mass is 226 g/mol. The summed E-state index contributed by atoms with van der Waals surface area (Å²) in [5, 5.41) is 0. The number of unbranched alkanes of at least 4 members (excludes halogenated alkanes) is 5. The third kappa shape index (κ3) is 11.8. The first-order chi connectivity index (χ1) is 7.31. The van der Waals surface area contributed by atoms with Gasteiger partial charge in [-0.05, 0) is 31.1 Å². The maximum absolute atomic E-state index is 4.47. The molecule has 0 amide bonds. The second-order valence-corrected chi connectivity index (χ2v) is 4.59. The summed E-state index contributed by atoms with van der Waals surface area (Å²) in [6.45, 7) is 4.32. The Hall–Kier alpha value is -0.170. The van der Waals surface area contributed by atoms with Crippen LogP contribution in [-0.4, -0.2) is 0 Å². The molecule has 0 radical (unpaired) electrons. The molecule has 0 aromatic heterocycles. The fourth-order valence-corrected chi connectivity index (χ4v) is 1.79. The van der Waals surface area contributed by atoms with E-state index in [4.69, 9.17) is 0 Å². The Morgan fingerprint density at radius 1 is 1.07 bits per heavy atom. The molecule has 0 fully saturated rings. The van der Waals surface area contributed by atoms with Gasteiger partial charge in [-0.1, -0.05) is 57.3 Å². The summed E-state index contributed by atoms with van der Waals surface area (Å²) >= 11 is 4.47. The molecule has 0 aliphatic heterocycles. The Bertz CT molecular complexity index is 180. The highest BCUT2D eigenvalue weighted by Crippen LogP contribution is 2.14. The van der Waals surface area contributed by atoms with Crippen molar-refractivity contribution in [1.29, 1.82) is 0 Å². The summed E-state index contributed by atoms with van der Waals surface area (Å²) in [6.07, 6.45) is 16.8. The molecule has 0 nitrogen and oxygen atoms in total. The molecule has 0 aromatic carbocycles. The Morgan fingerprint density at radius 2 is 1.73 bits per heavy atom. The van der Waals surface area contributed by atoms with Crippen LogP contribution in [0.4, 0.5) is 0 Å². The Balaban J connectivity index is 3.30. The fourth-order valence-electron chi connectivity index (χ4n) is 1.53. The van der Waals surface area contributed by atoms with Crippen molar-refractivity contribution in [2.45, 2.75) is 65.2 Å². The van der Waals surface area contributed by atoms with E-state index in [1.165, 1.54) is 43.4 Å². The van der Waals surface area contributed by atoms with Crippen molar-refractivity contribution in [3.8, 4) is 0 Å². The standard InChI is InChI=1S/C14H26S/c1-3-5-7-8-9-11-13-14(15)12-10-6-4-2/h4,6,12,15H,3,5,7-11,13H2,1-2H3/b6-4+,14-12-. The minimum Gasteiger partial charge on any atom is -0.148 e. The van der Waals surface area contributed by atoms with Crippen LogP contribution in [0, 0.1) is 0 Å². The minimum atomic E-state index is 1.03. The second kappa shape index (κ2) is 11.9. The molecule has 0 spiro atoms. The van der Waals surface area contributed by atoms with Gasteiger partial charge >= 0.3 is 0 Å². The van der Waals surface area contributed by atoms with Gasteiger partial charge in [0.1, 0.15) is 0 Å². The smallest absolute Gasteiger partial charge is 0.0158 e. The molecule has 15 heavy (non-hydrogen) atoms. The molecule has 0 atom stereocenters. The number of allylic oxidation sites excluding steroid dienone is 4. The van der Waals surface area contributed by atoms with E-state index >= 15 is 0 Å². The maximum atomic E-state index is 4.47. The highest BCUT2D eigenvalue weighted by Gasteiger charge is 1.92. The second-order valence-electron chi connectivity index (χ2n) is 4.02. The van der Waals surface area contributed by atoms with Crippen LogP contribution in [0.1, 0.15) is 65.2 Å². The first-order valence-electron chi connectivity index (χ1n) is 6.30. The van der Waals surface area contributed by atoms with Gasteiger partial charge in [-0.2, -0.15) is 0 Å². The van der Waals surface area contributed by atoms with E-state index in [0.717, 1.165) is 12.8 Å². The first-order valence-corrected chi connectivity index (χ1v) is 6.75. The first kappa shape index (κ1) is 14.8. The number of hydrogen-bond acceptors (Lipinski definition) is 1. The lowest BCUT2D eigenvalue weighted by atomic mass is 10.1. The van der Waals surface area contributed by atoms with Gasteiger partial charge in [0.2, 0.25) is 0 Å². The van der Waals surface area contributed by atoms with E-state index in [1.807, 2.05) is 0 Å². The lowest BCUT2D eigenvalue weighted by Gasteiger charge is -2.01. The summed E-state index contributed by atoms with van der Waals surface area (Å²) in [7, 11) is 0. The molecule has 0 bridgehead atoms. The summed E-state index contributed by atoms with van der Waals surface area (Å²) in [5.41, 5.74) is 0. The van der Waals surface area contributed by atoms with Crippen molar-refractivity contribution < 1.29 is 0 Å². The van der Waals surface area contributed by atoms with Crippen LogP contribution in [0.15, 0.2) is 23.1 Å². The molecule has 0 aromatic rings. The highest BCUT2D eigenvalue weighted by molar-refractivity contribution is 7.84. The molecule has 0 N–H and O–H groups in total. The average Bonchev–Trinajstić information content (AvgIpc) is 2.23. The third-order valence-electron chi connectivity index (χ3n) is 2.51. The molecule has 0 unspecified atom stereocenters. The third-order valence-corrected chi connectivity index (χ3v) is 2.92. The maximum Gasteiger partial charge on any atom is -0.0158 e. The van der Waals surface area contributed by atoms with Crippen molar-refractivity contribution in [1.82, 2.24) is 0 Å². The van der Waals surface area contributed by atoms with Crippen LogP contribution in [0.5, 0.6) is 0 Å². The fraction of sp³-hybridized carbons (Fsp3) is 0.714. The predicted molar refractivity (Wildman–Crippen MR) is 74.5 cm³/mol. The van der Waals surface area contributed by atoms with Crippen LogP contribution in [0.3, 0.4) is 0 Å². The molecule has 1 heteroatoms. The topological polar surface area (TPSA) is 0 Å². The van der Waals surface area contributed by atoms with Gasteiger partial charge in [-0.15, -0.1) is 12.6 Å². The molecular formula is C14H26S.